The Morgan fingerprint density at radius 3 is 1.03 bits per heavy atom. The third-order valence-corrected chi connectivity index (χ3v) is 8.68. The highest BCUT2D eigenvalue weighted by Gasteiger charge is 2.34. The summed E-state index contributed by atoms with van der Waals surface area (Å²) >= 11 is 0. The van der Waals surface area contributed by atoms with Crippen molar-refractivity contribution < 1.29 is 53.5 Å². The fourth-order valence-electron chi connectivity index (χ4n) is 3.41. The van der Waals surface area contributed by atoms with Crippen LogP contribution in [0.4, 0.5) is 11.4 Å². The zero-order chi connectivity index (χ0) is 28.7. The molecule has 0 aromatic heterocycles. The number of imide groups is 2. The minimum absolute atomic E-state index is 0.421. The molecule has 17 heteroatoms. The van der Waals surface area contributed by atoms with Gasteiger partial charge in [0.05, 0.1) is 21.2 Å². The lowest BCUT2D eigenvalue weighted by Crippen LogP contribution is -2.33. The van der Waals surface area contributed by atoms with Crippen molar-refractivity contribution in [2.45, 2.75) is 47.3 Å². The van der Waals surface area contributed by atoms with Gasteiger partial charge >= 0.3 is 0 Å². The summed E-state index contributed by atoms with van der Waals surface area (Å²) in [7, 11) is -15.9. The Balaban J connectivity index is 2.95. The van der Waals surface area contributed by atoms with E-state index in [4.69, 9.17) is 0 Å². The number of carbonyl (C=O) groups is 4. The van der Waals surface area contributed by atoms with Gasteiger partial charge in [-0.05, 0) is 36.4 Å². The van der Waals surface area contributed by atoms with Crippen LogP contribution in [0, 0.1) is 0 Å². The number of nitrogens with zero attached hydrogens (tertiary/aromatic N) is 2. The summed E-state index contributed by atoms with van der Waals surface area (Å²) in [5.41, 5.74) is -0.842. The highest BCUT2D eigenvalue weighted by molar-refractivity contribution is 7.94. The Morgan fingerprint density at radius 1 is 0.541 bits per heavy atom. The number of rotatable bonds is 6. The number of amides is 4. The van der Waals surface area contributed by atoms with Gasteiger partial charge in [-0.25, -0.2) is 8.42 Å². The van der Waals surface area contributed by atoms with Gasteiger partial charge in [0, 0.05) is 27.7 Å². The van der Waals surface area contributed by atoms with Crippen molar-refractivity contribution in [3.8, 4) is 0 Å². The fourth-order valence-corrected chi connectivity index (χ4v) is 7.26. The maximum absolute atomic E-state index is 13.4. The van der Waals surface area contributed by atoms with Crippen molar-refractivity contribution in [3.63, 3.8) is 0 Å². The normalized spacial score (nSPS) is 12.1. The first kappa shape index (κ1) is 29.7. The highest BCUT2D eigenvalue weighted by Crippen LogP contribution is 2.35. The van der Waals surface area contributed by atoms with E-state index >= 15 is 0 Å². The Morgan fingerprint density at radius 2 is 0.811 bits per heavy atom. The van der Waals surface area contributed by atoms with E-state index in [9.17, 15) is 53.5 Å². The smallest absolute Gasteiger partial charge is 0.282 e. The molecular weight excluding hydrogens is 556 g/mol. The molecule has 2 N–H and O–H groups in total. The lowest BCUT2D eigenvalue weighted by atomic mass is 10.2. The Bertz CT molecular complexity index is 1510. The van der Waals surface area contributed by atoms with Gasteiger partial charge in [-0.1, -0.05) is 0 Å². The minimum atomic E-state index is -5.36. The van der Waals surface area contributed by atoms with Crippen molar-refractivity contribution in [2.75, 3.05) is 9.80 Å². The minimum Gasteiger partial charge on any atom is -0.282 e. The average molecular weight is 577 g/mol. The lowest BCUT2D eigenvalue weighted by molar-refractivity contribution is -0.125. The zero-order valence-electron chi connectivity index (χ0n) is 19.6. The largest absolute Gasteiger partial charge is 0.295 e. The van der Waals surface area contributed by atoms with E-state index in [2.05, 4.69) is 0 Å². The van der Waals surface area contributed by atoms with E-state index in [1.807, 2.05) is 0 Å². The van der Waals surface area contributed by atoms with E-state index < -0.39 is 84.7 Å². The van der Waals surface area contributed by atoms with Crippen molar-refractivity contribution in [2.24, 2.45) is 0 Å². The molecule has 0 spiro atoms. The number of anilines is 2. The van der Waals surface area contributed by atoms with Gasteiger partial charge < -0.3 is 0 Å². The first-order valence-electron chi connectivity index (χ1n) is 9.82. The van der Waals surface area contributed by atoms with E-state index in [0.717, 1.165) is 39.8 Å². The quantitative estimate of drug-likeness (QED) is 0.457. The highest BCUT2D eigenvalue weighted by atomic mass is 32.2. The van der Waals surface area contributed by atoms with Crippen LogP contribution < -0.4 is 9.80 Å². The first-order chi connectivity index (χ1) is 16.7. The van der Waals surface area contributed by atoms with Gasteiger partial charge in [-0.3, -0.25) is 38.1 Å². The van der Waals surface area contributed by atoms with Crippen LogP contribution in [0.2, 0.25) is 0 Å². The standard InChI is InChI=1S/C20H20N2O12S3/c1-11(23)21(12(2)24)15-5-7-17(19(9-15)36(29,30)31)35(27,28)18-8-6-16(10-20(18)37(32,33)34)22(13(3)25)14(4)26/h5-10H,1-4H3,(H,29,30,31)(H,32,33,34). The molecule has 0 aliphatic carbocycles. The van der Waals surface area contributed by atoms with Crippen LogP contribution >= 0.6 is 0 Å². The summed E-state index contributed by atoms with van der Waals surface area (Å²) in [5.74, 6) is -3.47. The van der Waals surface area contributed by atoms with Crippen molar-refractivity contribution in [3.05, 3.63) is 36.4 Å². The molecule has 2 rings (SSSR count). The van der Waals surface area contributed by atoms with Gasteiger partial charge in [-0.2, -0.15) is 16.8 Å². The van der Waals surface area contributed by atoms with E-state index in [1.54, 1.807) is 0 Å². The summed E-state index contributed by atoms with van der Waals surface area (Å²) in [6.45, 7) is 3.85. The van der Waals surface area contributed by atoms with Gasteiger partial charge in [0.15, 0.2) is 0 Å². The predicted octanol–water partition coefficient (Wildman–Crippen LogP) is 0.812. The maximum atomic E-state index is 13.4. The molecule has 200 valence electrons. The molecule has 0 saturated carbocycles. The molecule has 0 heterocycles. The molecule has 0 atom stereocenters. The summed E-state index contributed by atoms with van der Waals surface area (Å²) < 4.78 is 94.5. The Hall–Kier alpha value is -3.51. The van der Waals surface area contributed by atoms with Crippen LogP contribution in [-0.2, 0) is 49.3 Å². The number of hydrogen-bond acceptors (Lipinski definition) is 10. The van der Waals surface area contributed by atoms with E-state index in [1.165, 1.54) is 0 Å². The van der Waals surface area contributed by atoms with Crippen molar-refractivity contribution in [1.29, 1.82) is 0 Å². The van der Waals surface area contributed by atoms with E-state index in [0.29, 0.717) is 34.1 Å². The molecule has 0 aliphatic heterocycles. The third kappa shape index (κ3) is 6.08. The Labute approximate surface area is 211 Å². The van der Waals surface area contributed by atoms with Crippen LogP contribution in [-0.4, -0.2) is 58.0 Å². The maximum Gasteiger partial charge on any atom is 0.295 e. The second kappa shape index (κ2) is 10.1. The second-order valence-electron chi connectivity index (χ2n) is 7.46. The monoisotopic (exact) mass is 576 g/mol. The molecule has 0 aliphatic rings. The van der Waals surface area contributed by atoms with Crippen LogP contribution in [0.15, 0.2) is 56.0 Å². The number of carbonyl (C=O) groups excluding carboxylic acids is 4. The van der Waals surface area contributed by atoms with Crippen LogP contribution in [0.3, 0.4) is 0 Å². The molecule has 2 aromatic carbocycles. The average Bonchev–Trinajstić information content (AvgIpc) is 2.71. The molecule has 0 unspecified atom stereocenters. The van der Waals surface area contributed by atoms with E-state index in [-0.39, 0.29) is 0 Å². The zero-order valence-corrected chi connectivity index (χ0v) is 22.0. The molecular formula is C20H20N2O12S3. The summed E-state index contributed by atoms with van der Waals surface area (Å²) in [5, 5.41) is 0. The molecule has 0 fully saturated rings. The number of sulfone groups is 1. The first-order valence-corrected chi connectivity index (χ1v) is 14.2. The summed E-state index contributed by atoms with van der Waals surface area (Å²) in [6.07, 6.45) is 0. The third-order valence-electron chi connectivity index (χ3n) is 4.77. The molecule has 0 radical (unpaired) electrons. The van der Waals surface area contributed by atoms with Crippen LogP contribution in [0.25, 0.3) is 0 Å². The molecule has 2 aromatic rings. The van der Waals surface area contributed by atoms with Crippen molar-refractivity contribution >= 4 is 65.1 Å². The number of hydrogen-bond donors (Lipinski definition) is 2. The fraction of sp³-hybridized carbons (Fsp3) is 0.200. The van der Waals surface area contributed by atoms with Gasteiger partial charge in [0.25, 0.3) is 20.2 Å². The van der Waals surface area contributed by atoms with Gasteiger partial charge in [0.1, 0.15) is 9.79 Å². The number of benzene rings is 2. The lowest BCUT2D eigenvalue weighted by Gasteiger charge is -2.20. The van der Waals surface area contributed by atoms with Crippen LogP contribution in [0.1, 0.15) is 27.7 Å². The summed E-state index contributed by atoms with van der Waals surface area (Å²) in [4.78, 5) is 43.3. The molecule has 14 nitrogen and oxygen atoms in total. The molecule has 0 saturated heterocycles. The predicted molar refractivity (Wildman–Crippen MR) is 126 cm³/mol. The SMILES string of the molecule is CC(=O)N(C(C)=O)c1ccc(S(=O)(=O)c2ccc(N(C(C)=O)C(C)=O)cc2S(=O)(=O)O)c(S(=O)(=O)O)c1. The molecule has 4 amide bonds. The molecule has 0 bridgehead atoms. The van der Waals surface area contributed by atoms with Gasteiger partial charge in [-0.15, -0.1) is 0 Å². The van der Waals surface area contributed by atoms with Crippen LogP contribution in [0.5, 0.6) is 0 Å². The second-order valence-corrected chi connectivity index (χ2v) is 12.1. The van der Waals surface area contributed by atoms with Gasteiger partial charge in [0.2, 0.25) is 33.5 Å². The molecule has 37 heavy (non-hydrogen) atoms. The van der Waals surface area contributed by atoms with Crippen molar-refractivity contribution in [1.82, 2.24) is 0 Å². The topological polar surface area (TPSA) is 218 Å². The Kier molecular flexibility index (Phi) is 8.11. The summed E-state index contributed by atoms with van der Waals surface area (Å²) in [6, 6.07) is 3.95.